The van der Waals surface area contributed by atoms with Gasteiger partial charge in [-0.1, -0.05) is 25.1 Å². The maximum atomic E-state index is 10.5. The summed E-state index contributed by atoms with van der Waals surface area (Å²) in [7, 11) is 1.94. The summed E-state index contributed by atoms with van der Waals surface area (Å²) in [5, 5.41) is 14.9. The Hall–Kier alpha value is -1.61. The molecule has 0 bridgehead atoms. The summed E-state index contributed by atoms with van der Waals surface area (Å²) in [4.78, 5) is 0. The van der Waals surface area contributed by atoms with Gasteiger partial charge in [-0.15, -0.1) is 0 Å². The summed E-state index contributed by atoms with van der Waals surface area (Å²) in [6.45, 7) is 6.19. The van der Waals surface area contributed by atoms with Crippen LogP contribution in [0.5, 0.6) is 0 Å². The van der Waals surface area contributed by atoms with E-state index >= 15 is 0 Å². The first-order chi connectivity index (χ1) is 9.02. The van der Waals surface area contributed by atoms with Gasteiger partial charge in [0.1, 0.15) is 0 Å². The van der Waals surface area contributed by atoms with Crippen LogP contribution in [0.4, 0.5) is 0 Å². The molecule has 0 radical (unpaired) electrons. The second-order valence-corrected chi connectivity index (χ2v) is 5.13. The molecule has 102 valence electrons. The Morgan fingerprint density at radius 3 is 2.42 bits per heavy atom. The van der Waals surface area contributed by atoms with Crippen molar-refractivity contribution < 1.29 is 5.11 Å². The van der Waals surface area contributed by atoms with Crippen LogP contribution in [-0.2, 0) is 19.9 Å². The minimum atomic E-state index is -0.471. The molecule has 0 saturated heterocycles. The van der Waals surface area contributed by atoms with Crippen LogP contribution in [0, 0.1) is 13.8 Å². The average molecular weight is 258 g/mol. The van der Waals surface area contributed by atoms with E-state index in [1.807, 2.05) is 43.8 Å². The summed E-state index contributed by atoms with van der Waals surface area (Å²) >= 11 is 0. The Balaban J connectivity index is 2.25. The summed E-state index contributed by atoms with van der Waals surface area (Å²) in [5.74, 6) is 0. The van der Waals surface area contributed by atoms with Crippen molar-refractivity contribution in [3.05, 3.63) is 52.3 Å². The van der Waals surface area contributed by atoms with Crippen molar-refractivity contribution in [3.8, 4) is 0 Å². The fourth-order valence-corrected chi connectivity index (χ4v) is 2.59. The number of nitrogens with zero attached hydrogens (tertiary/aromatic N) is 2. The molecule has 0 aliphatic heterocycles. The van der Waals surface area contributed by atoms with Gasteiger partial charge >= 0.3 is 0 Å². The molecule has 1 unspecified atom stereocenters. The zero-order chi connectivity index (χ0) is 14.0. The molecule has 0 fully saturated rings. The molecule has 0 spiro atoms. The second-order valence-electron chi connectivity index (χ2n) is 5.13. The van der Waals surface area contributed by atoms with Crippen molar-refractivity contribution in [2.75, 3.05) is 0 Å². The van der Waals surface area contributed by atoms with Crippen molar-refractivity contribution in [2.24, 2.45) is 7.05 Å². The normalized spacial score (nSPS) is 12.7. The highest BCUT2D eigenvalue weighted by molar-refractivity contribution is 5.36. The van der Waals surface area contributed by atoms with Gasteiger partial charge in [-0.05, 0) is 43.0 Å². The number of hydrogen-bond acceptors (Lipinski definition) is 2. The van der Waals surface area contributed by atoms with Crippen LogP contribution in [-0.4, -0.2) is 14.9 Å². The van der Waals surface area contributed by atoms with Gasteiger partial charge in [0, 0.05) is 19.2 Å². The third-order valence-corrected chi connectivity index (χ3v) is 3.67. The van der Waals surface area contributed by atoms with Gasteiger partial charge < -0.3 is 5.11 Å². The molecule has 3 nitrogen and oxygen atoms in total. The lowest BCUT2D eigenvalue weighted by molar-refractivity contribution is 0.174. The molecule has 1 heterocycles. The van der Waals surface area contributed by atoms with Crippen LogP contribution < -0.4 is 0 Å². The number of hydrogen-bond donors (Lipinski definition) is 1. The lowest BCUT2D eigenvalue weighted by Gasteiger charge is -2.16. The highest BCUT2D eigenvalue weighted by Crippen LogP contribution is 2.25. The molecule has 0 saturated carbocycles. The molecule has 1 N–H and O–H groups in total. The van der Waals surface area contributed by atoms with Gasteiger partial charge in [-0.3, -0.25) is 4.68 Å². The Kier molecular flexibility index (Phi) is 4.05. The molecule has 0 aliphatic rings. The van der Waals surface area contributed by atoms with Crippen molar-refractivity contribution >= 4 is 0 Å². The van der Waals surface area contributed by atoms with E-state index in [1.54, 1.807) is 0 Å². The molecule has 1 atom stereocenters. The molecule has 1 aromatic carbocycles. The van der Waals surface area contributed by atoms with Gasteiger partial charge in [0.15, 0.2) is 0 Å². The summed E-state index contributed by atoms with van der Waals surface area (Å²) in [6.07, 6.45) is 1.06. The van der Waals surface area contributed by atoms with Gasteiger partial charge in [0.2, 0.25) is 0 Å². The molecule has 1 aromatic heterocycles. The van der Waals surface area contributed by atoms with Crippen LogP contribution >= 0.6 is 0 Å². The molecule has 3 heteroatoms. The number of aliphatic hydroxyl groups is 1. The maximum absolute atomic E-state index is 10.5. The Labute approximate surface area is 114 Å². The largest absolute Gasteiger partial charge is 0.388 e. The van der Waals surface area contributed by atoms with E-state index in [1.165, 1.54) is 0 Å². The molecule has 0 amide bonds. The van der Waals surface area contributed by atoms with Crippen LogP contribution in [0.25, 0.3) is 0 Å². The standard InChI is InChI=1S/C16H22N2O/c1-5-13-9-14(18(4)17-13)10-15(19)16-11(2)7-6-8-12(16)3/h6-9,15,19H,5,10H2,1-4H3. The zero-order valence-corrected chi connectivity index (χ0v) is 12.1. The van der Waals surface area contributed by atoms with Crippen molar-refractivity contribution in [1.82, 2.24) is 9.78 Å². The van der Waals surface area contributed by atoms with Crippen LogP contribution in [0.3, 0.4) is 0 Å². The second kappa shape index (κ2) is 5.57. The molecule has 2 aromatic rings. The SMILES string of the molecule is CCc1cc(CC(O)c2c(C)cccc2C)n(C)n1. The fourth-order valence-electron chi connectivity index (χ4n) is 2.59. The lowest BCUT2D eigenvalue weighted by atomic mass is 9.95. The number of benzene rings is 1. The molecular formula is C16H22N2O. The summed E-state index contributed by atoms with van der Waals surface area (Å²) < 4.78 is 1.87. The Bertz CT molecular complexity index is 552. The van der Waals surface area contributed by atoms with Gasteiger partial charge in [-0.2, -0.15) is 5.10 Å². The number of rotatable bonds is 4. The fraction of sp³-hybridized carbons (Fsp3) is 0.438. The third kappa shape index (κ3) is 2.87. The highest BCUT2D eigenvalue weighted by atomic mass is 16.3. The predicted molar refractivity (Wildman–Crippen MR) is 77.2 cm³/mol. The van der Waals surface area contributed by atoms with Gasteiger partial charge in [-0.25, -0.2) is 0 Å². The molecule has 0 aliphatic carbocycles. The topological polar surface area (TPSA) is 38.0 Å². The van der Waals surface area contributed by atoms with E-state index in [0.717, 1.165) is 34.5 Å². The van der Waals surface area contributed by atoms with E-state index < -0.39 is 6.10 Å². The average Bonchev–Trinajstić information content (AvgIpc) is 2.70. The summed E-state index contributed by atoms with van der Waals surface area (Å²) in [5.41, 5.74) is 5.48. The van der Waals surface area contributed by atoms with E-state index in [4.69, 9.17) is 0 Å². The number of aromatic nitrogens is 2. The summed E-state index contributed by atoms with van der Waals surface area (Å²) in [6, 6.07) is 8.20. The molecular weight excluding hydrogens is 236 g/mol. The number of aliphatic hydroxyl groups excluding tert-OH is 1. The first-order valence-corrected chi connectivity index (χ1v) is 6.79. The maximum Gasteiger partial charge on any atom is 0.0850 e. The van der Waals surface area contributed by atoms with Crippen molar-refractivity contribution in [3.63, 3.8) is 0 Å². The van der Waals surface area contributed by atoms with E-state index in [0.29, 0.717) is 6.42 Å². The third-order valence-electron chi connectivity index (χ3n) is 3.67. The first kappa shape index (κ1) is 13.8. The van der Waals surface area contributed by atoms with Crippen LogP contribution in [0.2, 0.25) is 0 Å². The quantitative estimate of drug-likeness (QED) is 0.915. The Morgan fingerprint density at radius 1 is 1.26 bits per heavy atom. The van der Waals surface area contributed by atoms with E-state index in [9.17, 15) is 5.11 Å². The smallest absolute Gasteiger partial charge is 0.0850 e. The van der Waals surface area contributed by atoms with Crippen LogP contribution in [0.15, 0.2) is 24.3 Å². The van der Waals surface area contributed by atoms with Gasteiger partial charge in [0.05, 0.1) is 11.8 Å². The van der Waals surface area contributed by atoms with Crippen molar-refractivity contribution in [2.45, 2.75) is 39.7 Å². The highest BCUT2D eigenvalue weighted by Gasteiger charge is 2.16. The first-order valence-electron chi connectivity index (χ1n) is 6.79. The lowest BCUT2D eigenvalue weighted by Crippen LogP contribution is -2.09. The molecule has 19 heavy (non-hydrogen) atoms. The zero-order valence-electron chi connectivity index (χ0n) is 12.1. The predicted octanol–water partition coefficient (Wildman–Crippen LogP) is 2.88. The van der Waals surface area contributed by atoms with E-state index in [-0.39, 0.29) is 0 Å². The van der Waals surface area contributed by atoms with Gasteiger partial charge in [0.25, 0.3) is 0 Å². The van der Waals surface area contributed by atoms with E-state index in [2.05, 4.69) is 18.1 Å². The minimum absolute atomic E-state index is 0.471. The van der Waals surface area contributed by atoms with Crippen LogP contribution in [0.1, 0.15) is 41.1 Å². The monoisotopic (exact) mass is 258 g/mol. The Morgan fingerprint density at radius 2 is 1.89 bits per heavy atom. The minimum Gasteiger partial charge on any atom is -0.388 e. The van der Waals surface area contributed by atoms with Crippen molar-refractivity contribution in [1.29, 1.82) is 0 Å². The molecule has 2 rings (SSSR count). The number of aryl methyl sites for hydroxylation is 4.